The van der Waals surface area contributed by atoms with Gasteiger partial charge in [0.25, 0.3) is 0 Å². The van der Waals surface area contributed by atoms with Crippen molar-refractivity contribution >= 4 is 47.4 Å². The number of fused-ring (bicyclic) bond motifs is 3. The summed E-state index contributed by atoms with van der Waals surface area (Å²) in [6, 6.07) is 0. The molecule has 0 unspecified atom stereocenters. The number of allylic oxidation sites excluding steroid dienone is 1. The predicted molar refractivity (Wildman–Crippen MR) is 164 cm³/mol. The van der Waals surface area contributed by atoms with Crippen LogP contribution >= 0.6 is 11.6 Å². The molecule has 2 saturated heterocycles. The highest BCUT2D eigenvalue weighted by Crippen LogP contribution is 2.63. The molecule has 12 atom stereocenters. The number of hydrogen-bond acceptors (Lipinski definition) is 14. The fraction of sp³-hybridized carbons (Fsp3) is 0.697. The maximum atomic E-state index is 13.3. The van der Waals surface area contributed by atoms with Crippen molar-refractivity contribution in [3.05, 3.63) is 24.3 Å². The molecule has 2 aliphatic carbocycles. The number of carbonyl (C=O) groups excluding carboxylic acids is 6. The zero-order chi connectivity index (χ0) is 36.1. The molecule has 3 fully saturated rings. The zero-order valence-corrected chi connectivity index (χ0v) is 28.9. The van der Waals surface area contributed by atoms with Gasteiger partial charge in [0.05, 0.1) is 23.3 Å². The second-order valence-electron chi connectivity index (χ2n) is 13.6. The minimum atomic E-state index is -2.42. The van der Waals surface area contributed by atoms with Gasteiger partial charge >= 0.3 is 35.8 Å². The van der Waals surface area contributed by atoms with Gasteiger partial charge in [-0.05, 0) is 24.5 Å². The summed E-state index contributed by atoms with van der Waals surface area (Å²) in [6.45, 7) is 14.6. The molecule has 0 aromatic rings. The Balaban J connectivity index is 2.15. The predicted octanol–water partition coefficient (Wildman–Crippen LogP) is 2.10. The molecule has 1 spiro atoms. The summed E-state index contributed by atoms with van der Waals surface area (Å²) in [5, 5.41) is 11.5. The Bertz CT molecular complexity index is 1400. The lowest BCUT2D eigenvalue weighted by atomic mass is 9.51. The van der Waals surface area contributed by atoms with E-state index >= 15 is 0 Å². The molecular weight excluding hydrogens is 656 g/mol. The molecular formula is C33H43ClO14. The fourth-order valence-corrected chi connectivity index (χ4v) is 7.84. The lowest BCUT2D eigenvalue weighted by molar-refractivity contribution is -0.280. The van der Waals surface area contributed by atoms with Crippen molar-refractivity contribution in [3.63, 3.8) is 0 Å². The molecule has 1 N–H and O–H groups in total. The molecule has 15 heteroatoms. The Kier molecular flexibility index (Phi) is 10.4. The normalized spacial score (nSPS) is 40.9. The van der Waals surface area contributed by atoms with Crippen LogP contribution in [0.15, 0.2) is 24.3 Å². The van der Waals surface area contributed by atoms with Gasteiger partial charge in [-0.3, -0.25) is 28.8 Å². The van der Waals surface area contributed by atoms with E-state index in [1.54, 1.807) is 13.8 Å². The Morgan fingerprint density at radius 3 is 2.00 bits per heavy atom. The zero-order valence-electron chi connectivity index (χ0n) is 28.2. The van der Waals surface area contributed by atoms with Crippen LogP contribution in [-0.2, 0) is 61.9 Å². The molecule has 1 saturated carbocycles. The number of halogens is 1. The number of ether oxygens (including phenoxy) is 7. The summed E-state index contributed by atoms with van der Waals surface area (Å²) < 4.78 is 41.3. The van der Waals surface area contributed by atoms with Gasteiger partial charge in [-0.1, -0.05) is 33.4 Å². The number of hydrogen-bond donors (Lipinski definition) is 1. The standard InChI is InChI=1S/C33H43ClO14/c1-14(2)12-22(39)47-28-24(44-18(6)36)27(45-19(7)37)31(9)21(43-17(5)35)11-10-15(3)23(34)26-33(41,16(4)30(40)48-26)29(46-20(8)38)25(31)32(28)13-42-32/h10-11,14,16,21,23-29,41H,3,12-13H2,1-2,4-9H3/b11-10+/t16-,21-,23-,24+,25+,26-,27-,28+,29-,31+,32-,33-/m0/s1. The first kappa shape index (κ1) is 37.3. The van der Waals surface area contributed by atoms with Gasteiger partial charge in [0.2, 0.25) is 0 Å². The van der Waals surface area contributed by atoms with E-state index in [0.717, 1.165) is 27.7 Å². The van der Waals surface area contributed by atoms with Crippen LogP contribution in [0.4, 0.5) is 0 Å². The molecule has 0 bridgehead atoms. The number of epoxide rings is 1. The lowest BCUT2D eigenvalue weighted by Crippen LogP contribution is -2.76. The van der Waals surface area contributed by atoms with Crippen LogP contribution < -0.4 is 0 Å². The smallest absolute Gasteiger partial charge is 0.312 e. The van der Waals surface area contributed by atoms with E-state index in [-0.39, 0.29) is 24.5 Å². The third-order valence-electron chi connectivity index (χ3n) is 9.60. The molecule has 4 aliphatic rings. The molecule has 0 aromatic carbocycles. The Labute approximate surface area is 283 Å². The highest BCUT2D eigenvalue weighted by atomic mass is 35.5. The van der Waals surface area contributed by atoms with Gasteiger partial charge in [0, 0.05) is 40.0 Å². The number of carbonyl (C=O) groups is 6. The van der Waals surface area contributed by atoms with Crippen molar-refractivity contribution in [2.45, 2.75) is 115 Å². The number of alkyl halides is 1. The van der Waals surface area contributed by atoms with E-state index in [1.165, 1.54) is 26.0 Å². The van der Waals surface area contributed by atoms with E-state index < -0.39 is 106 Å². The van der Waals surface area contributed by atoms with Crippen molar-refractivity contribution in [3.8, 4) is 0 Å². The van der Waals surface area contributed by atoms with Crippen molar-refractivity contribution in [1.82, 2.24) is 0 Å². The SMILES string of the molecule is C=C1/C=C/[C@H](OC(C)=O)[C@@]2(C)[C@@H](OC(C)=O)[C@@H](OC(C)=O)[C@@H](OC(=O)CC(C)C)[C@]3(CO3)[C@@H]2[C@H](OC(C)=O)[C@]2(O)[C@@H](C)C(=O)O[C@H]2[C@H]1Cl. The summed E-state index contributed by atoms with van der Waals surface area (Å²) in [6.07, 6.45) is -6.71. The Hall–Kier alpha value is -3.49. The topological polar surface area (TPSA) is 191 Å². The van der Waals surface area contributed by atoms with E-state index in [2.05, 4.69) is 6.58 Å². The molecule has 14 nitrogen and oxygen atoms in total. The number of esters is 6. The summed E-state index contributed by atoms with van der Waals surface area (Å²) in [5.41, 5.74) is -5.88. The van der Waals surface area contributed by atoms with Crippen molar-refractivity contribution < 1.29 is 67.0 Å². The number of rotatable bonds is 7. The second-order valence-corrected chi connectivity index (χ2v) is 14.0. The van der Waals surface area contributed by atoms with Gasteiger partial charge in [-0.2, -0.15) is 0 Å². The molecule has 48 heavy (non-hydrogen) atoms. The molecule has 0 aromatic heterocycles. The molecule has 266 valence electrons. The lowest BCUT2D eigenvalue weighted by Gasteiger charge is -2.59. The third-order valence-corrected chi connectivity index (χ3v) is 10.1. The highest BCUT2D eigenvalue weighted by Gasteiger charge is 2.81. The van der Waals surface area contributed by atoms with Crippen LogP contribution in [0, 0.1) is 23.2 Å². The van der Waals surface area contributed by atoms with E-state index in [4.69, 9.17) is 44.8 Å². The van der Waals surface area contributed by atoms with Crippen molar-refractivity contribution in [1.29, 1.82) is 0 Å². The van der Waals surface area contributed by atoms with E-state index in [9.17, 15) is 33.9 Å². The van der Waals surface area contributed by atoms with Gasteiger partial charge in [0.15, 0.2) is 30.0 Å². The summed E-state index contributed by atoms with van der Waals surface area (Å²) >= 11 is 6.80. The quantitative estimate of drug-likeness (QED) is 0.176. The third kappa shape index (κ3) is 6.46. The van der Waals surface area contributed by atoms with Crippen LogP contribution in [-0.4, -0.2) is 101 Å². The minimum Gasteiger partial charge on any atom is -0.459 e. The Morgan fingerprint density at radius 1 is 0.958 bits per heavy atom. The molecule has 0 amide bonds. The van der Waals surface area contributed by atoms with Crippen LogP contribution in [0.2, 0.25) is 0 Å². The van der Waals surface area contributed by atoms with Crippen LogP contribution in [0.1, 0.15) is 61.8 Å². The maximum absolute atomic E-state index is 13.3. The fourth-order valence-electron chi connectivity index (χ4n) is 7.51. The van der Waals surface area contributed by atoms with Gasteiger partial charge in [-0.15, -0.1) is 11.6 Å². The Morgan fingerprint density at radius 2 is 1.50 bits per heavy atom. The molecule has 4 rings (SSSR count). The van der Waals surface area contributed by atoms with Gasteiger partial charge in [0.1, 0.15) is 17.8 Å². The number of aliphatic hydroxyl groups is 1. The first-order valence-corrected chi connectivity index (χ1v) is 16.1. The minimum absolute atomic E-state index is 0.0624. The maximum Gasteiger partial charge on any atom is 0.312 e. The van der Waals surface area contributed by atoms with Crippen molar-refractivity contribution in [2.75, 3.05) is 6.61 Å². The molecule has 2 aliphatic heterocycles. The van der Waals surface area contributed by atoms with Crippen LogP contribution in [0.3, 0.4) is 0 Å². The average Bonchev–Trinajstić information content (AvgIpc) is 3.71. The monoisotopic (exact) mass is 698 g/mol. The second kappa shape index (κ2) is 13.4. The van der Waals surface area contributed by atoms with Gasteiger partial charge in [-0.25, -0.2) is 0 Å². The highest BCUT2D eigenvalue weighted by molar-refractivity contribution is 6.23. The van der Waals surface area contributed by atoms with Gasteiger partial charge < -0.3 is 38.3 Å². The van der Waals surface area contributed by atoms with E-state index in [0.29, 0.717) is 0 Å². The molecule has 2 heterocycles. The first-order chi connectivity index (χ1) is 22.2. The van der Waals surface area contributed by atoms with E-state index in [1.807, 2.05) is 0 Å². The first-order valence-electron chi connectivity index (χ1n) is 15.7. The van der Waals surface area contributed by atoms with Crippen molar-refractivity contribution in [2.24, 2.45) is 23.2 Å². The largest absolute Gasteiger partial charge is 0.459 e. The summed E-state index contributed by atoms with van der Waals surface area (Å²) in [5.74, 6) is -7.94. The van der Waals surface area contributed by atoms with Crippen LogP contribution in [0.25, 0.3) is 0 Å². The summed E-state index contributed by atoms with van der Waals surface area (Å²) in [7, 11) is 0. The average molecular weight is 699 g/mol. The molecule has 0 radical (unpaired) electrons. The van der Waals surface area contributed by atoms with Crippen LogP contribution in [0.5, 0.6) is 0 Å². The summed E-state index contributed by atoms with van der Waals surface area (Å²) in [4.78, 5) is 77.7.